The van der Waals surface area contributed by atoms with Crippen LogP contribution in [0, 0.1) is 0 Å². The number of benzene rings is 1. The number of anilines is 1. The van der Waals surface area contributed by atoms with Gasteiger partial charge in [0, 0.05) is 24.8 Å². The van der Waals surface area contributed by atoms with Crippen LogP contribution in [0.4, 0.5) is 5.69 Å². The molecule has 0 fully saturated rings. The molecule has 0 unspecified atom stereocenters. The molecule has 0 aliphatic rings. The van der Waals surface area contributed by atoms with E-state index in [0.29, 0.717) is 11.4 Å². The Kier molecular flexibility index (Phi) is 6.70. The number of hydrogen-bond acceptors (Lipinski definition) is 5. The summed E-state index contributed by atoms with van der Waals surface area (Å²) in [5.41, 5.74) is 6.21. The SMILES string of the molecule is Nc1cccc(OCCC(=O)N(CCO)CCO)c1. The summed E-state index contributed by atoms with van der Waals surface area (Å²) in [6.45, 7) is 0.425. The summed E-state index contributed by atoms with van der Waals surface area (Å²) in [6.07, 6.45) is 0.189. The highest BCUT2D eigenvalue weighted by Crippen LogP contribution is 2.14. The third-order valence-corrected chi connectivity index (χ3v) is 2.54. The predicted molar refractivity (Wildman–Crippen MR) is 71.7 cm³/mol. The lowest BCUT2D eigenvalue weighted by Crippen LogP contribution is -2.36. The monoisotopic (exact) mass is 268 g/mol. The summed E-state index contributed by atoms with van der Waals surface area (Å²) in [6, 6.07) is 6.97. The number of aliphatic hydroxyl groups excluding tert-OH is 2. The maximum absolute atomic E-state index is 11.8. The number of aliphatic hydroxyl groups is 2. The molecule has 0 bridgehead atoms. The second-order valence-electron chi connectivity index (χ2n) is 4.00. The second-order valence-corrected chi connectivity index (χ2v) is 4.00. The van der Waals surface area contributed by atoms with Crippen LogP contribution in [-0.2, 0) is 4.79 Å². The first-order valence-corrected chi connectivity index (χ1v) is 6.15. The van der Waals surface area contributed by atoms with Gasteiger partial charge in [-0.1, -0.05) is 6.07 Å². The van der Waals surface area contributed by atoms with Crippen molar-refractivity contribution in [2.24, 2.45) is 0 Å². The summed E-state index contributed by atoms with van der Waals surface area (Å²) in [7, 11) is 0. The number of carbonyl (C=O) groups excluding carboxylic acids is 1. The Morgan fingerprint density at radius 2 is 1.95 bits per heavy atom. The van der Waals surface area contributed by atoms with Crippen molar-refractivity contribution in [1.29, 1.82) is 0 Å². The van der Waals surface area contributed by atoms with Gasteiger partial charge in [0.15, 0.2) is 0 Å². The molecule has 1 amide bonds. The van der Waals surface area contributed by atoms with Gasteiger partial charge in [-0.2, -0.15) is 0 Å². The summed E-state index contributed by atoms with van der Waals surface area (Å²) in [4.78, 5) is 13.2. The number of ether oxygens (including phenoxy) is 1. The molecule has 0 aliphatic carbocycles. The van der Waals surface area contributed by atoms with Crippen molar-refractivity contribution in [3.63, 3.8) is 0 Å². The Morgan fingerprint density at radius 3 is 2.53 bits per heavy atom. The normalized spacial score (nSPS) is 10.2. The van der Waals surface area contributed by atoms with Crippen molar-refractivity contribution in [1.82, 2.24) is 4.90 Å². The van der Waals surface area contributed by atoms with Crippen molar-refractivity contribution >= 4 is 11.6 Å². The van der Waals surface area contributed by atoms with E-state index < -0.39 is 0 Å². The Hall–Kier alpha value is -1.79. The van der Waals surface area contributed by atoms with E-state index in [9.17, 15) is 4.79 Å². The van der Waals surface area contributed by atoms with Crippen LogP contribution in [0.5, 0.6) is 5.75 Å². The van der Waals surface area contributed by atoms with E-state index in [4.69, 9.17) is 20.7 Å². The van der Waals surface area contributed by atoms with Crippen molar-refractivity contribution in [3.8, 4) is 5.75 Å². The zero-order valence-corrected chi connectivity index (χ0v) is 10.8. The molecule has 0 heterocycles. The van der Waals surface area contributed by atoms with Gasteiger partial charge >= 0.3 is 0 Å². The first kappa shape index (κ1) is 15.3. The zero-order chi connectivity index (χ0) is 14.1. The van der Waals surface area contributed by atoms with E-state index >= 15 is 0 Å². The van der Waals surface area contributed by atoms with Crippen LogP contribution in [0.2, 0.25) is 0 Å². The topological polar surface area (TPSA) is 96.0 Å². The molecule has 0 saturated carbocycles. The molecule has 0 saturated heterocycles. The van der Waals surface area contributed by atoms with E-state index in [0.717, 1.165) is 0 Å². The van der Waals surface area contributed by atoms with E-state index in [1.807, 2.05) is 0 Å². The minimum atomic E-state index is -0.160. The van der Waals surface area contributed by atoms with Gasteiger partial charge < -0.3 is 25.6 Å². The molecule has 0 spiro atoms. The zero-order valence-electron chi connectivity index (χ0n) is 10.8. The van der Waals surface area contributed by atoms with Crippen LogP contribution in [-0.4, -0.2) is 53.9 Å². The fraction of sp³-hybridized carbons (Fsp3) is 0.462. The predicted octanol–water partition coefficient (Wildman–Crippen LogP) is -0.149. The van der Waals surface area contributed by atoms with Crippen molar-refractivity contribution in [2.45, 2.75) is 6.42 Å². The third-order valence-electron chi connectivity index (χ3n) is 2.54. The van der Waals surface area contributed by atoms with E-state index in [-0.39, 0.29) is 45.2 Å². The molecule has 0 aromatic heterocycles. The number of rotatable bonds is 8. The average molecular weight is 268 g/mol. The molecule has 0 aliphatic heterocycles. The van der Waals surface area contributed by atoms with Crippen LogP contribution >= 0.6 is 0 Å². The van der Waals surface area contributed by atoms with Gasteiger partial charge in [0.05, 0.1) is 26.2 Å². The maximum atomic E-state index is 11.8. The lowest BCUT2D eigenvalue weighted by atomic mass is 10.3. The second kappa shape index (κ2) is 8.34. The van der Waals surface area contributed by atoms with Gasteiger partial charge in [-0.15, -0.1) is 0 Å². The van der Waals surface area contributed by atoms with Gasteiger partial charge in [-0.3, -0.25) is 4.79 Å². The molecule has 4 N–H and O–H groups in total. The molecular weight excluding hydrogens is 248 g/mol. The van der Waals surface area contributed by atoms with Crippen LogP contribution in [0.1, 0.15) is 6.42 Å². The molecule has 1 rings (SSSR count). The summed E-state index contributed by atoms with van der Waals surface area (Å²) in [5, 5.41) is 17.7. The van der Waals surface area contributed by atoms with Gasteiger partial charge in [0.25, 0.3) is 0 Å². The minimum absolute atomic E-state index is 0.123. The molecule has 6 nitrogen and oxygen atoms in total. The molecule has 0 radical (unpaired) electrons. The van der Waals surface area contributed by atoms with Gasteiger partial charge in [-0.05, 0) is 12.1 Å². The van der Waals surface area contributed by atoms with Crippen molar-refractivity contribution in [2.75, 3.05) is 38.6 Å². The standard InChI is InChI=1S/C13H20N2O4/c14-11-2-1-3-12(10-11)19-9-4-13(18)15(5-7-16)6-8-17/h1-3,10,16-17H,4-9,14H2. The average Bonchev–Trinajstić information content (AvgIpc) is 2.38. The number of nitrogens with zero attached hydrogens (tertiary/aromatic N) is 1. The van der Waals surface area contributed by atoms with Crippen LogP contribution in [0.15, 0.2) is 24.3 Å². The number of hydrogen-bond donors (Lipinski definition) is 3. The Balaban J connectivity index is 2.36. The highest BCUT2D eigenvalue weighted by Gasteiger charge is 2.12. The summed E-state index contributed by atoms with van der Waals surface area (Å²) < 4.78 is 5.41. The Bertz CT molecular complexity index is 392. The van der Waals surface area contributed by atoms with E-state index in [1.54, 1.807) is 24.3 Å². The highest BCUT2D eigenvalue weighted by molar-refractivity contribution is 5.76. The molecule has 19 heavy (non-hydrogen) atoms. The smallest absolute Gasteiger partial charge is 0.226 e. The first-order valence-electron chi connectivity index (χ1n) is 6.15. The van der Waals surface area contributed by atoms with Gasteiger partial charge in [-0.25, -0.2) is 0 Å². The lowest BCUT2D eigenvalue weighted by molar-refractivity contribution is -0.132. The van der Waals surface area contributed by atoms with Crippen LogP contribution < -0.4 is 10.5 Å². The largest absolute Gasteiger partial charge is 0.493 e. The number of nitrogen functional groups attached to an aromatic ring is 1. The Labute approximate surface area is 112 Å². The summed E-state index contributed by atoms with van der Waals surface area (Å²) in [5.74, 6) is 0.454. The minimum Gasteiger partial charge on any atom is -0.493 e. The molecule has 6 heteroatoms. The highest BCUT2D eigenvalue weighted by atomic mass is 16.5. The molecule has 1 aromatic carbocycles. The fourth-order valence-corrected chi connectivity index (χ4v) is 1.62. The van der Waals surface area contributed by atoms with E-state index in [1.165, 1.54) is 4.90 Å². The van der Waals surface area contributed by atoms with E-state index in [2.05, 4.69) is 0 Å². The maximum Gasteiger partial charge on any atom is 0.226 e. The van der Waals surface area contributed by atoms with Crippen LogP contribution in [0.3, 0.4) is 0 Å². The lowest BCUT2D eigenvalue weighted by Gasteiger charge is -2.20. The summed E-state index contributed by atoms with van der Waals surface area (Å²) >= 11 is 0. The van der Waals surface area contributed by atoms with Gasteiger partial charge in [0.2, 0.25) is 5.91 Å². The number of amides is 1. The van der Waals surface area contributed by atoms with Gasteiger partial charge in [0.1, 0.15) is 5.75 Å². The van der Waals surface area contributed by atoms with Crippen LogP contribution in [0.25, 0.3) is 0 Å². The number of nitrogens with two attached hydrogens (primary N) is 1. The molecular formula is C13H20N2O4. The van der Waals surface area contributed by atoms with Crippen molar-refractivity contribution < 1.29 is 19.7 Å². The van der Waals surface area contributed by atoms with Crippen molar-refractivity contribution in [3.05, 3.63) is 24.3 Å². The quantitative estimate of drug-likeness (QED) is 0.570. The Morgan fingerprint density at radius 1 is 1.26 bits per heavy atom. The first-order chi connectivity index (χ1) is 9.17. The fourth-order valence-electron chi connectivity index (χ4n) is 1.62. The molecule has 1 aromatic rings. The third kappa shape index (κ3) is 5.58. The number of carbonyl (C=O) groups is 1. The molecule has 0 atom stereocenters. The molecule has 106 valence electrons.